The third-order valence-corrected chi connectivity index (χ3v) is 6.50. The molecule has 0 spiro atoms. The molecule has 11 heteroatoms. The van der Waals surface area contributed by atoms with Gasteiger partial charge in [0, 0.05) is 23.3 Å². The highest BCUT2D eigenvalue weighted by molar-refractivity contribution is 5.60. The number of nitrogens with zero attached hydrogens (tertiary/aromatic N) is 6. The van der Waals surface area contributed by atoms with E-state index in [9.17, 15) is 13.9 Å². The van der Waals surface area contributed by atoms with E-state index < -0.39 is 23.2 Å². The number of rotatable bonds is 9. The maximum atomic E-state index is 14.8. The van der Waals surface area contributed by atoms with Crippen LogP contribution in [-0.4, -0.2) is 30.5 Å². The topological polar surface area (TPSA) is 123 Å². The molecule has 0 bridgehead atoms. The first kappa shape index (κ1) is 25.7. The Kier molecular flexibility index (Phi) is 7.12. The Hall–Kier alpha value is -4.95. The van der Waals surface area contributed by atoms with Crippen molar-refractivity contribution in [2.24, 2.45) is 0 Å². The number of hydrogen-bond donors (Lipinski definition) is 1. The summed E-state index contributed by atoms with van der Waals surface area (Å²) in [5.74, 6) is -1.57. The number of hydrogen-bond acceptors (Lipinski definition) is 8. The van der Waals surface area contributed by atoms with Crippen LogP contribution in [0.15, 0.2) is 83.6 Å². The van der Waals surface area contributed by atoms with E-state index in [1.54, 1.807) is 37.3 Å². The van der Waals surface area contributed by atoms with Crippen LogP contribution in [0.3, 0.4) is 0 Å². The summed E-state index contributed by atoms with van der Waals surface area (Å²) in [7, 11) is 0. The molecule has 2 aromatic heterocycles. The minimum absolute atomic E-state index is 0.131. The third kappa shape index (κ3) is 5.51. The number of ether oxygens (including phenoxy) is 1. The second-order valence-electron chi connectivity index (χ2n) is 9.01. The number of halogens is 2. The lowest BCUT2D eigenvalue weighted by Gasteiger charge is -2.33. The first-order valence-corrected chi connectivity index (χ1v) is 11.9. The highest BCUT2D eigenvalue weighted by Gasteiger charge is 2.42. The van der Waals surface area contributed by atoms with E-state index in [4.69, 9.17) is 14.5 Å². The van der Waals surface area contributed by atoms with Gasteiger partial charge in [-0.15, -0.1) is 5.10 Å². The Balaban J connectivity index is 1.35. The lowest BCUT2D eigenvalue weighted by atomic mass is 9.80. The zero-order chi connectivity index (χ0) is 27.4. The molecule has 9 nitrogen and oxygen atoms in total. The second kappa shape index (κ2) is 10.8. The van der Waals surface area contributed by atoms with E-state index >= 15 is 0 Å². The monoisotopic (exact) mass is 528 g/mol. The lowest BCUT2D eigenvalue weighted by Crippen LogP contribution is -2.38. The minimum Gasteiger partial charge on any atom is -0.489 e. The van der Waals surface area contributed by atoms with Gasteiger partial charge in [-0.25, -0.2) is 13.5 Å². The smallest absolute Gasteiger partial charge is 0.143 e. The van der Waals surface area contributed by atoms with Crippen LogP contribution < -0.4 is 4.74 Å². The maximum Gasteiger partial charge on any atom is 0.143 e. The van der Waals surface area contributed by atoms with Crippen LogP contribution >= 0.6 is 0 Å². The first-order chi connectivity index (χ1) is 18.9. The number of benzene rings is 3. The predicted molar refractivity (Wildman–Crippen MR) is 134 cm³/mol. The molecule has 0 saturated carbocycles. The maximum absolute atomic E-state index is 14.8. The molecule has 1 N–H and O–H groups in total. The second-order valence-corrected chi connectivity index (χ2v) is 9.01. The molecule has 5 rings (SSSR count). The summed E-state index contributed by atoms with van der Waals surface area (Å²) in [5, 5.41) is 35.7. The summed E-state index contributed by atoms with van der Waals surface area (Å²) in [4.78, 5) is 0. The fourth-order valence-electron chi connectivity index (χ4n) is 4.22. The minimum atomic E-state index is -1.90. The number of aliphatic hydroxyl groups is 1. The third-order valence-electron chi connectivity index (χ3n) is 6.50. The summed E-state index contributed by atoms with van der Waals surface area (Å²) >= 11 is 0. The van der Waals surface area contributed by atoms with Crippen molar-refractivity contribution in [1.29, 1.82) is 5.26 Å². The summed E-state index contributed by atoms with van der Waals surface area (Å²) in [6, 6.07) is 21.1. The van der Waals surface area contributed by atoms with Gasteiger partial charge in [0.1, 0.15) is 47.4 Å². The van der Waals surface area contributed by atoms with Gasteiger partial charge >= 0.3 is 0 Å². The van der Waals surface area contributed by atoms with E-state index in [0.717, 1.165) is 17.2 Å². The number of tetrazole rings is 1. The molecule has 3 aromatic carbocycles. The molecule has 39 heavy (non-hydrogen) atoms. The van der Waals surface area contributed by atoms with Crippen LogP contribution in [0, 0.1) is 23.0 Å². The summed E-state index contributed by atoms with van der Waals surface area (Å²) in [5.41, 5.74) is 0.724. The number of nitriles is 1. The van der Waals surface area contributed by atoms with Crippen LogP contribution in [0.2, 0.25) is 0 Å². The van der Waals surface area contributed by atoms with Crippen molar-refractivity contribution in [3.05, 3.63) is 113 Å². The van der Waals surface area contributed by atoms with Gasteiger partial charge in [-0.2, -0.15) is 5.26 Å². The predicted octanol–water partition coefficient (Wildman–Crippen LogP) is 4.75. The normalized spacial score (nSPS) is 13.4. The van der Waals surface area contributed by atoms with Crippen molar-refractivity contribution >= 4 is 0 Å². The van der Waals surface area contributed by atoms with E-state index in [-0.39, 0.29) is 17.9 Å². The molecular weight excluding hydrogens is 506 g/mol. The summed E-state index contributed by atoms with van der Waals surface area (Å²) in [6.45, 7) is 1.78. The van der Waals surface area contributed by atoms with Gasteiger partial charge in [-0.1, -0.05) is 30.3 Å². The van der Waals surface area contributed by atoms with Gasteiger partial charge < -0.3 is 14.4 Å². The average Bonchev–Trinajstić information content (AvgIpc) is 3.64. The molecule has 0 aliphatic carbocycles. The molecule has 0 amide bonds. The Morgan fingerprint density at radius 2 is 1.85 bits per heavy atom. The molecule has 0 fully saturated rings. The van der Waals surface area contributed by atoms with Crippen LogP contribution in [0.4, 0.5) is 8.78 Å². The van der Waals surface area contributed by atoms with Crippen molar-refractivity contribution in [2.75, 3.05) is 0 Å². The summed E-state index contributed by atoms with van der Waals surface area (Å²) < 4.78 is 41.1. The van der Waals surface area contributed by atoms with E-state index in [0.29, 0.717) is 29.7 Å². The van der Waals surface area contributed by atoms with E-state index in [1.807, 2.05) is 24.3 Å². The number of aromatic nitrogens is 5. The van der Waals surface area contributed by atoms with Gasteiger partial charge in [0.05, 0.1) is 24.1 Å². The largest absolute Gasteiger partial charge is 0.489 e. The Labute approximate surface area is 221 Å². The van der Waals surface area contributed by atoms with Gasteiger partial charge in [-0.05, 0) is 58.5 Å². The molecule has 0 aliphatic heterocycles. The van der Waals surface area contributed by atoms with Crippen LogP contribution in [0.5, 0.6) is 5.75 Å². The molecule has 0 unspecified atom stereocenters. The SMILES string of the molecule is C[C@@H](c1cc(-c2ccc(OCc3ccc(C#N)cc3)cc2)no1)[C@](O)(Cn1cnnn1)c1ccc(F)cc1F. The Morgan fingerprint density at radius 3 is 2.51 bits per heavy atom. The molecule has 2 atom stereocenters. The van der Waals surface area contributed by atoms with Gasteiger partial charge in [0.15, 0.2) is 0 Å². The van der Waals surface area contributed by atoms with Crippen molar-refractivity contribution in [2.45, 2.75) is 31.6 Å². The quantitative estimate of drug-likeness (QED) is 0.291. The molecule has 196 valence electrons. The van der Waals surface area contributed by atoms with Gasteiger partial charge in [-0.3, -0.25) is 0 Å². The lowest BCUT2D eigenvalue weighted by molar-refractivity contribution is -0.0185. The van der Waals surface area contributed by atoms with E-state index in [2.05, 4.69) is 26.8 Å². The Morgan fingerprint density at radius 1 is 1.08 bits per heavy atom. The van der Waals surface area contributed by atoms with Gasteiger partial charge in [0.25, 0.3) is 0 Å². The summed E-state index contributed by atoms with van der Waals surface area (Å²) in [6.07, 6.45) is 1.29. The Bertz CT molecular complexity index is 1600. The molecule has 2 heterocycles. The zero-order valence-corrected chi connectivity index (χ0v) is 20.7. The molecular formula is C28H22F2N6O3. The fourth-order valence-corrected chi connectivity index (χ4v) is 4.22. The van der Waals surface area contributed by atoms with E-state index in [1.165, 1.54) is 17.1 Å². The molecule has 0 radical (unpaired) electrons. The van der Waals surface area contributed by atoms with Crippen molar-refractivity contribution in [3.63, 3.8) is 0 Å². The van der Waals surface area contributed by atoms with Gasteiger partial charge in [0.2, 0.25) is 0 Å². The zero-order valence-electron chi connectivity index (χ0n) is 20.7. The molecule has 5 aromatic rings. The van der Waals surface area contributed by atoms with Crippen molar-refractivity contribution in [3.8, 4) is 23.1 Å². The highest BCUT2D eigenvalue weighted by Crippen LogP contribution is 2.40. The van der Waals surface area contributed by atoms with Crippen LogP contribution in [0.25, 0.3) is 11.3 Å². The van der Waals surface area contributed by atoms with Crippen LogP contribution in [-0.2, 0) is 18.8 Å². The highest BCUT2D eigenvalue weighted by atomic mass is 19.1. The standard InChI is InChI=1S/C28H22F2N6O3/c1-18(28(37,16-36-17-32-34-35-36)24-11-8-22(29)12-25(24)30)27-13-26(33-39-27)21-6-9-23(10-7-21)38-15-20-4-2-19(14-31)3-5-20/h2-13,17-18,37H,15-16H2,1H3/t18-,28+/m0/s1. The van der Waals surface area contributed by atoms with Crippen LogP contribution in [0.1, 0.15) is 35.3 Å². The molecule has 0 aliphatic rings. The van der Waals surface area contributed by atoms with Crippen molar-refractivity contribution in [1.82, 2.24) is 25.4 Å². The first-order valence-electron chi connectivity index (χ1n) is 11.9. The average molecular weight is 529 g/mol. The fraction of sp³-hybridized carbons (Fsp3) is 0.179. The molecule has 0 saturated heterocycles. The van der Waals surface area contributed by atoms with Crippen molar-refractivity contribution < 1.29 is 23.1 Å².